The molecule has 14 nitrogen and oxygen atoms in total. The summed E-state index contributed by atoms with van der Waals surface area (Å²) in [6.45, 7) is 6.62. The smallest absolute Gasteiger partial charge is 0.243 e. The Hall–Kier alpha value is -4.50. The highest BCUT2D eigenvalue weighted by molar-refractivity contribution is 7.98. The van der Waals surface area contributed by atoms with Crippen molar-refractivity contribution in [2.75, 3.05) is 38.3 Å². The normalized spacial score (nSPS) is 23.5. The van der Waals surface area contributed by atoms with Crippen LogP contribution < -0.4 is 36.1 Å². The van der Waals surface area contributed by atoms with E-state index < -0.39 is 72.2 Å². The Morgan fingerprint density at radius 2 is 1.51 bits per heavy atom. The second-order valence-corrected chi connectivity index (χ2v) is 14.9. The summed E-state index contributed by atoms with van der Waals surface area (Å²) in [6.07, 6.45) is 2.22. The first-order valence-corrected chi connectivity index (χ1v) is 19.4. The summed E-state index contributed by atoms with van der Waals surface area (Å²) < 4.78 is 11.3. The zero-order valence-electron chi connectivity index (χ0n) is 30.7. The largest absolute Gasteiger partial charge is 0.486 e. The average molecular weight is 773 g/mol. The topological polar surface area (TPSA) is 184 Å². The van der Waals surface area contributed by atoms with Crippen molar-refractivity contribution in [1.29, 1.82) is 0 Å². The molecule has 1 saturated heterocycles. The SMILES string of the molecule is CSCC[C@@H]1NC(=O)[C@H](C(C)C)NC(=O)[C@@H](C)NC(=O)CN(C(=O)Cc2cc3c(cc2Cl)OCCO3)C[C@@H](Cc2ccccc2)NC(=O)[C@H](C)NC1=O. The van der Waals surface area contributed by atoms with Gasteiger partial charge >= 0.3 is 0 Å². The number of benzene rings is 2. The summed E-state index contributed by atoms with van der Waals surface area (Å²) in [5.74, 6) is -2.33. The standard InChI is InChI=1S/C37H49ClN6O8S/c1-21(2)33-37(50)42-28(11-14-53-5)36(49)40-23(4)34(47)41-26(15-24-9-7-6-8-10-24)19-44(20-31(45)39-22(3)35(48)43-33)32(46)17-25-16-29-30(18-27(25)38)52-13-12-51-29/h6-10,16,18,21-23,26,28,33H,11-15,17,19-20H2,1-5H3,(H,39,45)(H,40,49)(H,41,47)(H,42,50)(H,43,48)/t22-,23+,26-,28+,33+/m1/s1. The van der Waals surface area contributed by atoms with Crippen LogP contribution in [0, 0.1) is 5.92 Å². The fraction of sp³-hybridized carbons (Fsp3) is 0.514. The zero-order chi connectivity index (χ0) is 38.7. The van der Waals surface area contributed by atoms with E-state index in [9.17, 15) is 28.8 Å². The summed E-state index contributed by atoms with van der Waals surface area (Å²) >= 11 is 8.05. The van der Waals surface area contributed by atoms with E-state index in [-0.39, 0.29) is 36.7 Å². The summed E-state index contributed by atoms with van der Waals surface area (Å²) in [5, 5.41) is 14.0. The van der Waals surface area contributed by atoms with Crippen LogP contribution >= 0.6 is 23.4 Å². The molecular weight excluding hydrogens is 724 g/mol. The molecule has 0 bridgehead atoms. The monoisotopic (exact) mass is 772 g/mol. The lowest BCUT2D eigenvalue weighted by Crippen LogP contribution is -2.60. The van der Waals surface area contributed by atoms with Gasteiger partial charge in [-0.3, -0.25) is 28.8 Å². The van der Waals surface area contributed by atoms with E-state index in [1.807, 2.05) is 36.6 Å². The van der Waals surface area contributed by atoms with Gasteiger partial charge in [-0.15, -0.1) is 0 Å². The van der Waals surface area contributed by atoms with Gasteiger partial charge in [0, 0.05) is 17.6 Å². The summed E-state index contributed by atoms with van der Waals surface area (Å²) in [4.78, 5) is 82.9. The molecular formula is C37H49ClN6O8S. The Kier molecular flexibility index (Phi) is 15.2. The molecule has 0 unspecified atom stereocenters. The molecule has 5 N–H and O–H groups in total. The zero-order valence-corrected chi connectivity index (χ0v) is 32.2. The van der Waals surface area contributed by atoms with Gasteiger partial charge in [-0.05, 0) is 61.8 Å². The first-order valence-electron chi connectivity index (χ1n) is 17.6. The number of nitrogens with zero attached hydrogens (tertiary/aromatic N) is 1. The molecule has 0 spiro atoms. The number of halogens is 1. The Bertz CT molecular complexity index is 1650. The van der Waals surface area contributed by atoms with Gasteiger partial charge in [0.2, 0.25) is 35.4 Å². The van der Waals surface area contributed by atoms with Crippen LogP contribution in [-0.4, -0.2) is 109 Å². The second-order valence-electron chi connectivity index (χ2n) is 13.5. The van der Waals surface area contributed by atoms with E-state index in [2.05, 4.69) is 26.6 Å². The Balaban J connectivity index is 1.68. The fourth-order valence-corrected chi connectivity index (χ4v) is 6.60. The van der Waals surface area contributed by atoms with Gasteiger partial charge in [-0.25, -0.2) is 0 Å². The quantitative estimate of drug-likeness (QED) is 0.266. The molecule has 4 rings (SSSR count). The van der Waals surface area contributed by atoms with Crippen molar-refractivity contribution in [2.45, 2.75) is 77.2 Å². The number of carbonyl (C=O) groups excluding carboxylic acids is 6. The molecule has 1 fully saturated rings. The van der Waals surface area contributed by atoms with E-state index in [4.69, 9.17) is 21.1 Å². The van der Waals surface area contributed by atoms with Gasteiger partial charge in [-0.1, -0.05) is 55.8 Å². The molecule has 2 heterocycles. The molecule has 2 aromatic rings. The van der Waals surface area contributed by atoms with Crippen molar-refractivity contribution < 1.29 is 38.2 Å². The Morgan fingerprint density at radius 3 is 2.17 bits per heavy atom. The van der Waals surface area contributed by atoms with Gasteiger partial charge in [0.25, 0.3) is 0 Å². The first-order chi connectivity index (χ1) is 25.2. The lowest BCUT2D eigenvalue weighted by atomic mass is 10.0. The molecule has 2 aliphatic rings. The van der Waals surface area contributed by atoms with E-state index in [1.54, 1.807) is 26.0 Å². The molecule has 5 atom stereocenters. The van der Waals surface area contributed by atoms with Gasteiger partial charge in [0.05, 0.1) is 19.0 Å². The minimum atomic E-state index is -1.09. The highest BCUT2D eigenvalue weighted by atomic mass is 35.5. The van der Waals surface area contributed by atoms with E-state index in [0.717, 1.165) is 5.56 Å². The fourth-order valence-electron chi connectivity index (χ4n) is 5.91. The number of amides is 6. The number of nitrogens with one attached hydrogen (secondary N) is 5. The number of ether oxygens (including phenoxy) is 2. The number of fused-ring (bicyclic) bond motifs is 1. The molecule has 2 aromatic carbocycles. The van der Waals surface area contributed by atoms with Crippen molar-refractivity contribution in [2.24, 2.45) is 5.92 Å². The molecule has 0 saturated carbocycles. The van der Waals surface area contributed by atoms with Crippen molar-refractivity contribution in [3.05, 3.63) is 58.6 Å². The predicted molar refractivity (Wildman–Crippen MR) is 202 cm³/mol. The van der Waals surface area contributed by atoms with Gasteiger partial charge in [0.1, 0.15) is 37.4 Å². The number of thioether (sulfide) groups is 1. The van der Waals surface area contributed by atoms with Crippen LogP contribution in [0.15, 0.2) is 42.5 Å². The third-order valence-corrected chi connectivity index (χ3v) is 9.86. The number of rotatable bonds is 8. The lowest BCUT2D eigenvalue weighted by molar-refractivity contribution is -0.138. The molecule has 53 heavy (non-hydrogen) atoms. The van der Waals surface area contributed by atoms with Crippen LogP contribution in [0.1, 0.15) is 45.2 Å². The molecule has 0 aromatic heterocycles. The maximum atomic E-state index is 14.1. The van der Waals surface area contributed by atoms with Crippen LogP contribution in [-0.2, 0) is 41.6 Å². The lowest BCUT2D eigenvalue weighted by Gasteiger charge is -2.31. The highest BCUT2D eigenvalue weighted by Gasteiger charge is 2.33. The third-order valence-electron chi connectivity index (χ3n) is 8.87. The van der Waals surface area contributed by atoms with Crippen LogP contribution in [0.3, 0.4) is 0 Å². The van der Waals surface area contributed by atoms with Crippen LogP contribution in [0.4, 0.5) is 0 Å². The maximum absolute atomic E-state index is 14.1. The van der Waals surface area contributed by atoms with Gasteiger partial charge < -0.3 is 41.0 Å². The maximum Gasteiger partial charge on any atom is 0.243 e. The van der Waals surface area contributed by atoms with Crippen molar-refractivity contribution in [3.63, 3.8) is 0 Å². The summed E-state index contributed by atoms with van der Waals surface area (Å²) in [6, 6.07) is 7.67. The van der Waals surface area contributed by atoms with Crippen molar-refractivity contribution in [1.82, 2.24) is 31.5 Å². The Morgan fingerprint density at radius 1 is 0.868 bits per heavy atom. The first kappa shape index (κ1) is 41.3. The van der Waals surface area contributed by atoms with Crippen molar-refractivity contribution in [3.8, 4) is 11.5 Å². The van der Waals surface area contributed by atoms with Crippen LogP contribution in [0.2, 0.25) is 5.02 Å². The van der Waals surface area contributed by atoms with E-state index >= 15 is 0 Å². The highest BCUT2D eigenvalue weighted by Crippen LogP contribution is 2.35. The minimum Gasteiger partial charge on any atom is -0.486 e. The molecule has 0 radical (unpaired) electrons. The molecule has 2 aliphatic heterocycles. The second kappa shape index (κ2) is 19.5. The minimum absolute atomic E-state index is 0.0991. The van der Waals surface area contributed by atoms with E-state index in [0.29, 0.717) is 36.0 Å². The predicted octanol–water partition coefficient (Wildman–Crippen LogP) is 1.61. The molecule has 16 heteroatoms. The van der Waals surface area contributed by atoms with Gasteiger partial charge in [0.15, 0.2) is 11.5 Å². The Labute approximate surface area is 319 Å². The molecule has 6 amide bonds. The third kappa shape index (κ3) is 12.0. The number of carbonyl (C=O) groups is 6. The van der Waals surface area contributed by atoms with Crippen molar-refractivity contribution >= 4 is 58.8 Å². The summed E-state index contributed by atoms with van der Waals surface area (Å²) in [7, 11) is 0. The van der Waals surface area contributed by atoms with Crippen LogP contribution in [0.25, 0.3) is 0 Å². The molecule has 288 valence electrons. The van der Waals surface area contributed by atoms with E-state index in [1.165, 1.54) is 30.5 Å². The number of hydrogen-bond acceptors (Lipinski definition) is 9. The summed E-state index contributed by atoms with van der Waals surface area (Å²) in [5.41, 5.74) is 1.30. The van der Waals surface area contributed by atoms with Crippen LogP contribution in [0.5, 0.6) is 11.5 Å². The molecule has 0 aliphatic carbocycles. The average Bonchev–Trinajstić information content (AvgIpc) is 3.11. The van der Waals surface area contributed by atoms with Gasteiger partial charge in [-0.2, -0.15) is 11.8 Å². The number of hydrogen-bond donors (Lipinski definition) is 5.